The number of carbonyl (C=O) groups is 1. The molecule has 1 fully saturated rings. The first kappa shape index (κ1) is 48.7. The Kier molecular flexibility index (Phi) is 19.1. The Hall–Kier alpha value is -3.31. The number of ether oxygens (including phenoxy) is 3. The number of hydrogen-bond acceptors (Lipinski definition) is 9. The molecular weight excluding hydrogens is 785 g/mol. The highest BCUT2D eigenvalue weighted by Gasteiger charge is 2.65. The number of carbonyl (C=O) groups excluding carboxylic acids is 1. The summed E-state index contributed by atoms with van der Waals surface area (Å²) in [4.78, 5) is 23.7. The van der Waals surface area contributed by atoms with E-state index in [1.165, 1.54) is 38.5 Å². The molecule has 10 heteroatoms. The molecule has 1 aliphatic heterocycles. The third-order valence-corrected chi connectivity index (χ3v) is 13.5. The van der Waals surface area contributed by atoms with Crippen molar-refractivity contribution in [2.24, 2.45) is 22.9 Å². The monoisotopic (exact) mass is 861 g/mol. The summed E-state index contributed by atoms with van der Waals surface area (Å²) in [5, 5.41) is 24.8. The molecule has 6 unspecified atom stereocenters. The van der Waals surface area contributed by atoms with Crippen molar-refractivity contribution in [2.75, 3.05) is 33.1 Å². The molecule has 338 valence electrons. The van der Waals surface area contributed by atoms with E-state index in [1.54, 1.807) is 17.8 Å². The minimum absolute atomic E-state index is 0.0671. The van der Waals surface area contributed by atoms with Gasteiger partial charge in [0.2, 0.25) is 11.7 Å². The van der Waals surface area contributed by atoms with E-state index in [1.807, 2.05) is 57.0 Å². The van der Waals surface area contributed by atoms with Crippen molar-refractivity contribution in [3.63, 3.8) is 0 Å². The van der Waals surface area contributed by atoms with Crippen molar-refractivity contribution < 1.29 is 34.1 Å². The fraction of sp³-hybridized carbons (Fsp3) is 0.647. The maximum Gasteiger partial charge on any atom is 0.239 e. The van der Waals surface area contributed by atoms with Crippen LogP contribution in [0.4, 0.5) is 0 Å². The number of aliphatic hydroxyl groups excluding tert-OH is 2. The van der Waals surface area contributed by atoms with Crippen molar-refractivity contribution >= 4 is 23.4 Å². The summed E-state index contributed by atoms with van der Waals surface area (Å²) < 4.78 is 21.0. The van der Waals surface area contributed by atoms with Gasteiger partial charge >= 0.3 is 0 Å². The number of nitrogens with zero attached hydrogens (tertiary/aromatic N) is 2. The average molecular weight is 861 g/mol. The molecule has 3 aliphatic rings. The lowest BCUT2D eigenvalue weighted by Crippen LogP contribution is -2.69. The first-order valence-corrected chi connectivity index (χ1v) is 24.6. The van der Waals surface area contributed by atoms with Crippen LogP contribution in [0.3, 0.4) is 0 Å². The fourth-order valence-corrected chi connectivity index (χ4v) is 10.1. The van der Waals surface area contributed by atoms with E-state index in [9.17, 15) is 15.0 Å². The molecule has 1 heterocycles. The summed E-state index contributed by atoms with van der Waals surface area (Å²) in [5.41, 5.74) is 2.34. The standard InChI is InChI=1S/C51H76N2O7S/c1-8-10-11-12-13-14-15-16-17-24-47(56)53(6)46-36-44(52-60-50(3,4)5)42-34-37(22-18-20-31-54)41(23-19-21-32-55)48-43-35-39(58-38-25-28-40(61-7)29-26-38)27-30-45(43)59-51(46,49(42)48)57-33-9-2/h9,25-30,34-35,37,41,46,48-49,54-55H,2,8,10-24,31-33,36H2,1,3-7H3. The quantitative estimate of drug-likeness (QED) is 0.0416. The maximum absolute atomic E-state index is 14.4. The molecule has 5 rings (SSSR count). The molecule has 2 aromatic carbocycles. The Morgan fingerprint density at radius 1 is 0.934 bits per heavy atom. The van der Waals surface area contributed by atoms with Crippen LogP contribution in [-0.4, -0.2) is 77.3 Å². The van der Waals surface area contributed by atoms with Crippen molar-refractivity contribution in [1.82, 2.24) is 4.90 Å². The number of aliphatic hydroxyl groups is 2. The molecule has 0 radical (unpaired) electrons. The average Bonchev–Trinajstić information content (AvgIpc) is 3.25. The van der Waals surface area contributed by atoms with Crippen molar-refractivity contribution in [3.8, 4) is 17.2 Å². The molecule has 0 bridgehead atoms. The number of amides is 1. The minimum atomic E-state index is -1.26. The summed E-state index contributed by atoms with van der Waals surface area (Å²) in [6, 6.07) is 13.7. The predicted molar refractivity (Wildman–Crippen MR) is 249 cm³/mol. The van der Waals surface area contributed by atoms with Gasteiger partial charge in [0, 0.05) is 49.5 Å². The van der Waals surface area contributed by atoms with Gasteiger partial charge in [-0.05, 0) is 119 Å². The molecule has 0 aromatic heterocycles. The van der Waals surface area contributed by atoms with E-state index in [2.05, 4.69) is 44.0 Å². The summed E-state index contributed by atoms with van der Waals surface area (Å²) in [5.74, 6) is 0.806. The van der Waals surface area contributed by atoms with Crippen LogP contribution < -0.4 is 9.47 Å². The third kappa shape index (κ3) is 12.9. The molecule has 2 N–H and O–H groups in total. The Balaban J connectivity index is 1.61. The Morgan fingerprint density at radius 3 is 2.23 bits per heavy atom. The lowest BCUT2D eigenvalue weighted by atomic mass is 9.55. The van der Waals surface area contributed by atoms with Gasteiger partial charge in [-0.25, -0.2) is 0 Å². The van der Waals surface area contributed by atoms with Gasteiger partial charge in [-0.2, -0.15) is 0 Å². The molecular formula is C51H76N2O7S. The lowest BCUT2D eigenvalue weighted by molar-refractivity contribution is -0.255. The zero-order valence-corrected chi connectivity index (χ0v) is 39.0. The number of hydrogen-bond donors (Lipinski definition) is 2. The highest BCUT2D eigenvalue weighted by atomic mass is 32.2. The van der Waals surface area contributed by atoms with E-state index in [0.717, 1.165) is 78.9 Å². The number of likely N-dealkylation sites (N-methyl/N-ethyl adjacent to an activating group) is 1. The number of benzene rings is 2. The van der Waals surface area contributed by atoms with Crippen molar-refractivity contribution in [3.05, 3.63) is 72.3 Å². The number of unbranched alkanes of at least 4 members (excludes halogenated alkanes) is 10. The van der Waals surface area contributed by atoms with Crippen molar-refractivity contribution in [2.45, 2.75) is 165 Å². The van der Waals surface area contributed by atoms with Gasteiger partial charge in [-0.1, -0.05) is 88.4 Å². The fourth-order valence-electron chi connectivity index (χ4n) is 9.70. The Morgan fingerprint density at radius 2 is 1.59 bits per heavy atom. The van der Waals surface area contributed by atoms with Crippen LogP contribution in [-0.2, 0) is 14.4 Å². The SMILES string of the molecule is C=CCOC12Oc3ccc(Oc4ccc(SC)cc4)cc3C3C(CCCCO)C(CCCCO)C=C(C(=NOC(C)(C)C)CC1N(C)C(=O)CCCCCCCCCCC)C32. The minimum Gasteiger partial charge on any atom is -0.459 e. The second kappa shape index (κ2) is 23.9. The van der Waals surface area contributed by atoms with Crippen LogP contribution in [0.15, 0.2) is 76.8 Å². The number of fused-ring (bicyclic) bond motifs is 2. The van der Waals surface area contributed by atoms with Gasteiger partial charge in [0.15, 0.2) is 0 Å². The number of oxime groups is 1. The molecule has 9 nitrogen and oxygen atoms in total. The van der Waals surface area contributed by atoms with Crippen LogP contribution in [0, 0.1) is 17.8 Å². The maximum atomic E-state index is 14.4. The van der Waals surface area contributed by atoms with E-state index in [4.69, 9.17) is 24.2 Å². The Labute approximate surface area is 371 Å². The zero-order chi connectivity index (χ0) is 43.8. The Bertz CT molecular complexity index is 1740. The summed E-state index contributed by atoms with van der Waals surface area (Å²) in [7, 11) is 1.91. The normalized spacial score (nSPS) is 23.7. The van der Waals surface area contributed by atoms with Crippen LogP contribution >= 0.6 is 11.8 Å². The van der Waals surface area contributed by atoms with Gasteiger partial charge in [-0.15, -0.1) is 18.3 Å². The van der Waals surface area contributed by atoms with E-state index in [0.29, 0.717) is 30.8 Å². The van der Waals surface area contributed by atoms with Gasteiger partial charge in [0.05, 0.1) is 18.2 Å². The molecule has 0 spiro atoms. The molecule has 2 aromatic rings. The van der Waals surface area contributed by atoms with Crippen molar-refractivity contribution in [1.29, 1.82) is 0 Å². The smallest absolute Gasteiger partial charge is 0.239 e. The number of allylic oxidation sites excluding steroid dienone is 1. The summed E-state index contributed by atoms with van der Waals surface area (Å²) in [6.45, 7) is 12.8. The van der Waals surface area contributed by atoms with Crippen LogP contribution in [0.5, 0.6) is 17.2 Å². The molecule has 61 heavy (non-hydrogen) atoms. The highest BCUT2D eigenvalue weighted by molar-refractivity contribution is 7.98. The number of thioether (sulfide) groups is 1. The summed E-state index contributed by atoms with van der Waals surface area (Å²) in [6.07, 6.45) is 22.6. The van der Waals surface area contributed by atoms with Gasteiger partial charge in [0.1, 0.15) is 28.9 Å². The molecule has 2 aliphatic carbocycles. The number of rotatable bonds is 26. The van der Waals surface area contributed by atoms with Gasteiger partial charge in [0.25, 0.3) is 0 Å². The topological polar surface area (TPSA) is 110 Å². The second-order valence-corrected chi connectivity index (χ2v) is 19.2. The van der Waals surface area contributed by atoms with E-state index >= 15 is 0 Å². The first-order chi connectivity index (χ1) is 29.5. The molecule has 0 saturated heterocycles. The molecule has 1 saturated carbocycles. The van der Waals surface area contributed by atoms with Crippen LogP contribution in [0.2, 0.25) is 0 Å². The predicted octanol–water partition coefficient (Wildman–Crippen LogP) is 12.0. The zero-order valence-electron chi connectivity index (χ0n) is 38.2. The van der Waals surface area contributed by atoms with Gasteiger partial charge < -0.3 is 34.2 Å². The molecule has 1 amide bonds. The van der Waals surface area contributed by atoms with Crippen LogP contribution in [0.25, 0.3) is 0 Å². The highest BCUT2D eigenvalue weighted by Crippen LogP contribution is 2.62. The lowest BCUT2D eigenvalue weighted by Gasteiger charge is -2.59. The second-order valence-electron chi connectivity index (χ2n) is 18.3. The van der Waals surface area contributed by atoms with E-state index < -0.39 is 17.4 Å². The molecule has 6 atom stereocenters. The third-order valence-electron chi connectivity index (χ3n) is 12.7. The van der Waals surface area contributed by atoms with Gasteiger partial charge in [-0.3, -0.25) is 4.79 Å². The summed E-state index contributed by atoms with van der Waals surface area (Å²) >= 11 is 1.69. The van der Waals surface area contributed by atoms with E-state index in [-0.39, 0.29) is 49.4 Å². The largest absolute Gasteiger partial charge is 0.459 e. The van der Waals surface area contributed by atoms with Crippen LogP contribution in [0.1, 0.15) is 148 Å². The first-order valence-electron chi connectivity index (χ1n) is 23.3.